The zero-order valence-electron chi connectivity index (χ0n) is 8.89. The first-order chi connectivity index (χ1) is 6.54. The maximum absolute atomic E-state index is 11.2. The van der Waals surface area contributed by atoms with E-state index in [1.165, 1.54) is 0 Å². The molecule has 0 amide bonds. The number of rotatable bonds is 5. The van der Waals surface area contributed by atoms with Gasteiger partial charge >= 0.3 is 0 Å². The smallest absolute Gasteiger partial charge is 0.220 e. The summed E-state index contributed by atoms with van der Waals surface area (Å²) >= 11 is 4.87. The molecule has 0 bridgehead atoms. The molecule has 0 heterocycles. The van der Waals surface area contributed by atoms with Crippen LogP contribution in [0.3, 0.4) is 0 Å². The second kappa shape index (κ2) is 4.66. The fourth-order valence-electron chi connectivity index (χ4n) is 1.33. The summed E-state index contributed by atoms with van der Waals surface area (Å²) in [5, 5.41) is 3.12. The maximum atomic E-state index is 11.2. The molecule has 1 aromatic carbocycles. The summed E-state index contributed by atoms with van der Waals surface area (Å²) in [7, 11) is 4.07. The van der Waals surface area contributed by atoms with Crippen molar-refractivity contribution in [3.8, 4) is 0 Å². The predicted octanol–water partition coefficient (Wildman–Crippen LogP) is 1.32. The maximum Gasteiger partial charge on any atom is 0.220 e. The van der Waals surface area contributed by atoms with E-state index in [1.54, 1.807) is 0 Å². The molecule has 4 heteroatoms. The Balaban J connectivity index is 2.34. The molecule has 14 heavy (non-hydrogen) atoms. The van der Waals surface area contributed by atoms with E-state index in [-0.39, 0.29) is 5.43 Å². The van der Waals surface area contributed by atoms with Gasteiger partial charge < -0.3 is 10.2 Å². The Hall–Kier alpha value is -0.740. The molecule has 1 rings (SSSR count). The van der Waals surface area contributed by atoms with Gasteiger partial charge in [0, 0.05) is 6.54 Å². The van der Waals surface area contributed by atoms with Crippen molar-refractivity contribution in [3.05, 3.63) is 20.3 Å². The zero-order chi connectivity index (χ0) is 10.7. The monoisotopic (exact) mass is 212 g/mol. The molecule has 0 aromatic heterocycles. The Bertz CT molecular complexity index is 377. The van der Waals surface area contributed by atoms with Crippen LogP contribution in [0.25, 0.3) is 0 Å². The number of hydrogen-bond donors (Lipinski definition) is 1. The van der Waals surface area contributed by atoms with Crippen LogP contribution in [0.15, 0.2) is 4.79 Å². The average molecular weight is 212 g/mol. The van der Waals surface area contributed by atoms with Crippen LogP contribution >= 0.6 is 12.2 Å². The van der Waals surface area contributed by atoms with Gasteiger partial charge in [0.1, 0.15) is 0 Å². The van der Waals surface area contributed by atoms with Crippen LogP contribution in [0.5, 0.6) is 0 Å². The Morgan fingerprint density at radius 2 is 2.07 bits per heavy atom. The summed E-state index contributed by atoms with van der Waals surface area (Å²) in [5.74, 6) is 0. The Labute approximate surface area is 89.4 Å². The van der Waals surface area contributed by atoms with Gasteiger partial charge in [0.05, 0.1) is 10.2 Å². The summed E-state index contributed by atoms with van der Waals surface area (Å²) in [4.78, 5) is 13.3. The second-order valence-electron chi connectivity index (χ2n) is 3.74. The molecule has 0 unspecified atom stereocenters. The highest BCUT2D eigenvalue weighted by Gasteiger charge is 2.11. The van der Waals surface area contributed by atoms with E-state index >= 15 is 0 Å². The standard InChI is InChI=1S/C10H16N2OS/c1-7-8(9(13)10(7)14)11-5-4-6-12(2)3/h11H,4-6H2,1-3H3. The SMILES string of the molecule is Cc1c(NCCCN(C)C)c(=O)c1=S. The van der Waals surface area contributed by atoms with Gasteiger partial charge in [-0.2, -0.15) is 0 Å². The summed E-state index contributed by atoms with van der Waals surface area (Å²) in [6.07, 6.45) is 1.03. The molecule has 1 aromatic rings. The van der Waals surface area contributed by atoms with Gasteiger partial charge in [-0.05, 0) is 39.5 Å². The fourth-order valence-corrected chi connectivity index (χ4v) is 1.53. The summed E-state index contributed by atoms with van der Waals surface area (Å²) in [6, 6.07) is 0. The molecule has 0 radical (unpaired) electrons. The topological polar surface area (TPSA) is 32.3 Å². The highest BCUT2D eigenvalue weighted by molar-refractivity contribution is 7.71. The number of nitrogens with one attached hydrogen (secondary N) is 1. The van der Waals surface area contributed by atoms with Gasteiger partial charge in [-0.3, -0.25) is 4.79 Å². The predicted molar refractivity (Wildman–Crippen MR) is 62.3 cm³/mol. The molecule has 3 nitrogen and oxygen atoms in total. The highest BCUT2D eigenvalue weighted by atomic mass is 32.1. The van der Waals surface area contributed by atoms with Crippen molar-refractivity contribution in [3.63, 3.8) is 0 Å². The van der Waals surface area contributed by atoms with Crippen molar-refractivity contribution < 1.29 is 0 Å². The van der Waals surface area contributed by atoms with E-state index in [4.69, 9.17) is 12.2 Å². The van der Waals surface area contributed by atoms with Gasteiger partial charge in [-0.1, -0.05) is 12.2 Å². The third kappa shape index (κ3) is 2.39. The van der Waals surface area contributed by atoms with Crippen LogP contribution in [0.1, 0.15) is 12.0 Å². The van der Waals surface area contributed by atoms with Crippen LogP contribution < -0.4 is 10.7 Å². The minimum atomic E-state index is 0.00218. The van der Waals surface area contributed by atoms with Crippen molar-refractivity contribution in [2.75, 3.05) is 32.5 Å². The van der Waals surface area contributed by atoms with Gasteiger partial charge in [-0.15, -0.1) is 0 Å². The normalized spacial score (nSPS) is 11.1. The van der Waals surface area contributed by atoms with Crippen LogP contribution in [-0.4, -0.2) is 32.1 Å². The van der Waals surface area contributed by atoms with Gasteiger partial charge in [0.25, 0.3) is 0 Å². The number of nitrogens with zero attached hydrogens (tertiary/aromatic N) is 1. The average Bonchev–Trinajstić information content (AvgIpc) is 2.15. The van der Waals surface area contributed by atoms with Crippen LogP contribution in [0.4, 0.5) is 5.69 Å². The summed E-state index contributed by atoms with van der Waals surface area (Å²) in [5.41, 5.74) is 1.66. The largest absolute Gasteiger partial charge is 0.382 e. The molecular formula is C10H16N2OS. The first-order valence-electron chi connectivity index (χ1n) is 4.72. The van der Waals surface area contributed by atoms with Crippen molar-refractivity contribution in [1.82, 2.24) is 4.90 Å². The lowest BCUT2D eigenvalue weighted by Crippen LogP contribution is -2.22. The first kappa shape index (κ1) is 11.3. The molecular weight excluding hydrogens is 196 g/mol. The molecule has 0 aliphatic rings. The number of hydrogen-bond acceptors (Lipinski definition) is 4. The molecule has 0 atom stereocenters. The Morgan fingerprint density at radius 1 is 1.43 bits per heavy atom. The molecule has 0 aliphatic heterocycles. The van der Waals surface area contributed by atoms with Gasteiger partial charge in [0.15, 0.2) is 0 Å². The molecule has 0 fully saturated rings. The van der Waals surface area contributed by atoms with E-state index < -0.39 is 0 Å². The molecule has 0 spiro atoms. The van der Waals surface area contributed by atoms with Gasteiger partial charge in [0.2, 0.25) is 5.43 Å². The van der Waals surface area contributed by atoms with Crippen LogP contribution in [0, 0.1) is 11.4 Å². The van der Waals surface area contributed by atoms with Crippen molar-refractivity contribution >= 4 is 17.9 Å². The van der Waals surface area contributed by atoms with E-state index in [0.717, 1.165) is 25.1 Å². The van der Waals surface area contributed by atoms with Crippen molar-refractivity contribution in [2.45, 2.75) is 13.3 Å². The van der Waals surface area contributed by atoms with E-state index in [2.05, 4.69) is 10.2 Å². The Kier molecular flexibility index (Phi) is 3.77. The van der Waals surface area contributed by atoms with E-state index in [9.17, 15) is 4.79 Å². The molecule has 1 N–H and O–H groups in total. The first-order valence-corrected chi connectivity index (χ1v) is 5.13. The molecule has 78 valence electrons. The lowest BCUT2D eigenvalue weighted by Gasteiger charge is -2.13. The van der Waals surface area contributed by atoms with E-state index in [0.29, 0.717) is 10.2 Å². The minimum absolute atomic E-state index is 0.00218. The van der Waals surface area contributed by atoms with Crippen molar-refractivity contribution in [1.29, 1.82) is 0 Å². The molecule has 0 saturated carbocycles. The Morgan fingerprint density at radius 3 is 2.57 bits per heavy atom. The minimum Gasteiger partial charge on any atom is -0.382 e. The highest BCUT2D eigenvalue weighted by Crippen LogP contribution is 2.13. The quantitative estimate of drug-likeness (QED) is 0.589. The molecule has 0 aliphatic carbocycles. The number of anilines is 1. The van der Waals surface area contributed by atoms with Crippen LogP contribution in [0.2, 0.25) is 0 Å². The van der Waals surface area contributed by atoms with Crippen molar-refractivity contribution in [2.24, 2.45) is 0 Å². The molecule has 0 saturated heterocycles. The van der Waals surface area contributed by atoms with Crippen LogP contribution in [-0.2, 0) is 0 Å². The third-order valence-corrected chi connectivity index (χ3v) is 2.72. The van der Waals surface area contributed by atoms with Gasteiger partial charge in [-0.25, -0.2) is 0 Å². The van der Waals surface area contributed by atoms with E-state index in [1.807, 2.05) is 21.0 Å². The zero-order valence-corrected chi connectivity index (χ0v) is 9.70. The fraction of sp³-hybridized carbons (Fsp3) is 0.600. The summed E-state index contributed by atoms with van der Waals surface area (Å²) in [6.45, 7) is 3.75. The summed E-state index contributed by atoms with van der Waals surface area (Å²) < 4.78 is 0.486. The lowest BCUT2D eigenvalue weighted by molar-refractivity contribution is 0.405. The lowest BCUT2D eigenvalue weighted by atomic mass is 10.1. The third-order valence-electron chi connectivity index (χ3n) is 2.23. The second-order valence-corrected chi connectivity index (χ2v) is 4.15.